The Morgan fingerprint density at radius 1 is 1.41 bits per heavy atom. The summed E-state index contributed by atoms with van der Waals surface area (Å²) in [4.78, 5) is 11.6. The summed E-state index contributed by atoms with van der Waals surface area (Å²) < 4.78 is 0. The highest BCUT2D eigenvalue weighted by Crippen LogP contribution is 2.21. The van der Waals surface area contributed by atoms with Crippen molar-refractivity contribution in [3.05, 3.63) is 11.8 Å². The number of hydrogen-bond donors (Lipinski definition) is 2. The molecule has 1 amide bonds. The van der Waals surface area contributed by atoms with Crippen LogP contribution in [0.4, 0.5) is 5.82 Å². The van der Waals surface area contributed by atoms with Gasteiger partial charge in [0.15, 0.2) is 5.82 Å². The molecule has 0 aliphatic carbocycles. The molecule has 4 nitrogen and oxygen atoms in total. The topological polar surface area (TPSA) is 57.8 Å². The Morgan fingerprint density at radius 2 is 2.12 bits per heavy atom. The van der Waals surface area contributed by atoms with Crippen molar-refractivity contribution < 1.29 is 4.79 Å². The molecule has 0 aromatic carbocycles. The van der Waals surface area contributed by atoms with E-state index in [9.17, 15) is 4.79 Å². The molecule has 0 aliphatic heterocycles. The van der Waals surface area contributed by atoms with Crippen molar-refractivity contribution in [3.8, 4) is 0 Å². The number of hydrogen-bond acceptors (Lipinski definition) is 2. The molecular formula is C13H23N3O. The maximum atomic E-state index is 11.6. The van der Waals surface area contributed by atoms with Gasteiger partial charge in [-0.25, -0.2) is 0 Å². The van der Waals surface area contributed by atoms with Crippen molar-refractivity contribution in [2.75, 3.05) is 5.32 Å². The third-order valence-electron chi connectivity index (χ3n) is 2.66. The van der Waals surface area contributed by atoms with E-state index < -0.39 is 0 Å². The maximum absolute atomic E-state index is 11.6. The first-order valence-corrected chi connectivity index (χ1v) is 6.29. The Bertz CT molecular complexity index is 363. The van der Waals surface area contributed by atoms with Crippen LogP contribution in [0.5, 0.6) is 0 Å². The predicted octanol–water partition coefficient (Wildman–Crippen LogP) is 3.23. The van der Waals surface area contributed by atoms with Gasteiger partial charge in [0, 0.05) is 23.6 Å². The smallest absolute Gasteiger partial charge is 0.225 e. The lowest BCUT2D eigenvalue weighted by atomic mass is 9.92. The molecule has 4 heteroatoms. The van der Waals surface area contributed by atoms with Crippen LogP contribution in [0, 0.1) is 0 Å². The van der Waals surface area contributed by atoms with Crippen LogP contribution in [0.2, 0.25) is 0 Å². The molecule has 17 heavy (non-hydrogen) atoms. The van der Waals surface area contributed by atoms with Crippen LogP contribution in [-0.4, -0.2) is 16.1 Å². The minimum atomic E-state index is 0.0260. The zero-order chi connectivity index (χ0) is 12.9. The van der Waals surface area contributed by atoms with E-state index in [4.69, 9.17) is 0 Å². The van der Waals surface area contributed by atoms with Crippen molar-refractivity contribution in [1.29, 1.82) is 0 Å². The minimum absolute atomic E-state index is 0.0260. The molecule has 0 atom stereocenters. The summed E-state index contributed by atoms with van der Waals surface area (Å²) in [6, 6.07) is 1.90. The first-order chi connectivity index (χ1) is 7.93. The Hall–Kier alpha value is -1.32. The predicted molar refractivity (Wildman–Crippen MR) is 70.1 cm³/mol. The van der Waals surface area contributed by atoms with E-state index in [1.54, 1.807) is 0 Å². The van der Waals surface area contributed by atoms with Gasteiger partial charge in [0.25, 0.3) is 0 Å². The molecule has 1 rings (SSSR count). The van der Waals surface area contributed by atoms with Gasteiger partial charge in [0.1, 0.15) is 0 Å². The fraction of sp³-hybridized carbons (Fsp3) is 0.692. The SMILES string of the molecule is CCCCCC(=O)Nc1cc(C(C)(C)C)[nH]n1. The molecule has 0 radical (unpaired) electrons. The van der Waals surface area contributed by atoms with E-state index in [-0.39, 0.29) is 11.3 Å². The Kier molecular flexibility index (Phi) is 4.73. The fourth-order valence-corrected chi connectivity index (χ4v) is 1.51. The van der Waals surface area contributed by atoms with Gasteiger partial charge in [-0.2, -0.15) is 5.10 Å². The zero-order valence-electron chi connectivity index (χ0n) is 11.3. The van der Waals surface area contributed by atoms with Gasteiger partial charge in [0.05, 0.1) is 0 Å². The van der Waals surface area contributed by atoms with Crippen molar-refractivity contribution in [2.24, 2.45) is 0 Å². The summed E-state index contributed by atoms with van der Waals surface area (Å²) in [6.07, 6.45) is 3.75. The number of nitrogens with one attached hydrogen (secondary N) is 2. The van der Waals surface area contributed by atoms with Crippen molar-refractivity contribution in [3.63, 3.8) is 0 Å². The molecule has 2 N–H and O–H groups in total. The molecule has 0 saturated heterocycles. The molecule has 1 aromatic rings. The van der Waals surface area contributed by atoms with Crippen LogP contribution in [0.1, 0.15) is 59.1 Å². The number of carbonyl (C=O) groups is 1. The first-order valence-electron chi connectivity index (χ1n) is 6.29. The number of rotatable bonds is 5. The molecule has 0 spiro atoms. The van der Waals surface area contributed by atoms with E-state index >= 15 is 0 Å². The van der Waals surface area contributed by atoms with E-state index in [0.717, 1.165) is 25.0 Å². The fourth-order valence-electron chi connectivity index (χ4n) is 1.51. The van der Waals surface area contributed by atoms with Gasteiger partial charge in [-0.3, -0.25) is 9.89 Å². The number of aromatic nitrogens is 2. The van der Waals surface area contributed by atoms with Crippen LogP contribution in [0.15, 0.2) is 6.07 Å². The number of amides is 1. The van der Waals surface area contributed by atoms with Crippen LogP contribution in [0.3, 0.4) is 0 Å². The van der Waals surface area contributed by atoms with Crippen LogP contribution in [0.25, 0.3) is 0 Å². The average molecular weight is 237 g/mol. The summed E-state index contributed by atoms with van der Waals surface area (Å²) >= 11 is 0. The van der Waals surface area contributed by atoms with Gasteiger partial charge < -0.3 is 5.32 Å². The highest BCUT2D eigenvalue weighted by molar-refractivity contribution is 5.89. The Balaban J connectivity index is 2.46. The van der Waals surface area contributed by atoms with Crippen molar-refractivity contribution in [1.82, 2.24) is 10.2 Å². The second-order valence-corrected chi connectivity index (χ2v) is 5.42. The second kappa shape index (κ2) is 5.84. The Morgan fingerprint density at radius 3 is 2.65 bits per heavy atom. The molecule has 0 saturated carbocycles. The Labute approximate surface area is 103 Å². The zero-order valence-corrected chi connectivity index (χ0v) is 11.3. The summed E-state index contributed by atoms with van der Waals surface area (Å²) in [5.41, 5.74) is 1.06. The summed E-state index contributed by atoms with van der Waals surface area (Å²) in [5.74, 6) is 0.668. The van der Waals surface area contributed by atoms with Crippen LogP contribution >= 0.6 is 0 Å². The normalized spacial score (nSPS) is 11.5. The number of nitrogens with zero attached hydrogens (tertiary/aromatic N) is 1. The lowest BCUT2D eigenvalue weighted by molar-refractivity contribution is -0.116. The highest BCUT2D eigenvalue weighted by Gasteiger charge is 2.17. The van der Waals surface area contributed by atoms with Gasteiger partial charge >= 0.3 is 0 Å². The number of aromatic amines is 1. The van der Waals surface area contributed by atoms with E-state index in [2.05, 4.69) is 43.2 Å². The molecule has 1 aromatic heterocycles. The molecule has 96 valence electrons. The second-order valence-electron chi connectivity index (χ2n) is 5.42. The van der Waals surface area contributed by atoms with E-state index in [0.29, 0.717) is 12.2 Å². The molecule has 1 heterocycles. The number of carbonyl (C=O) groups excluding carboxylic acids is 1. The van der Waals surface area contributed by atoms with Gasteiger partial charge in [-0.05, 0) is 6.42 Å². The van der Waals surface area contributed by atoms with Crippen molar-refractivity contribution in [2.45, 2.75) is 58.8 Å². The molecule has 0 bridgehead atoms. The quantitative estimate of drug-likeness (QED) is 0.772. The maximum Gasteiger partial charge on any atom is 0.225 e. The molecule has 0 unspecified atom stereocenters. The number of H-pyrrole nitrogens is 1. The van der Waals surface area contributed by atoms with Gasteiger partial charge in [-0.15, -0.1) is 0 Å². The number of anilines is 1. The third-order valence-corrected chi connectivity index (χ3v) is 2.66. The van der Waals surface area contributed by atoms with Gasteiger partial charge in [0.2, 0.25) is 5.91 Å². The van der Waals surface area contributed by atoms with Crippen LogP contribution in [-0.2, 0) is 10.2 Å². The number of unbranched alkanes of at least 4 members (excludes halogenated alkanes) is 2. The monoisotopic (exact) mass is 237 g/mol. The first kappa shape index (κ1) is 13.7. The highest BCUT2D eigenvalue weighted by atomic mass is 16.1. The van der Waals surface area contributed by atoms with Crippen molar-refractivity contribution >= 4 is 11.7 Å². The summed E-state index contributed by atoms with van der Waals surface area (Å²) in [6.45, 7) is 8.44. The molecule has 0 fully saturated rings. The largest absolute Gasteiger partial charge is 0.309 e. The lowest BCUT2D eigenvalue weighted by Crippen LogP contribution is -2.12. The van der Waals surface area contributed by atoms with E-state index in [1.165, 1.54) is 0 Å². The average Bonchev–Trinajstić information content (AvgIpc) is 2.66. The van der Waals surface area contributed by atoms with Gasteiger partial charge in [-0.1, -0.05) is 40.5 Å². The van der Waals surface area contributed by atoms with Crippen LogP contribution < -0.4 is 5.32 Å². The third kappa shape index (κ3) is 4.59. The molecular weight excluding hydrogens is 214 g/mol. The summed E-state index contributed by atoms with van der Waals surface area (Å²) in [7, 11) is 0. The lowest BCUT2D eigenvalue weighted by Gasteiger charge is -2.14. The molecule has 0 aliphatic rings. The van der Waals surface area contributed by atoms with E-state index in [1.807, 2.05) is 6.07 Å². The minimum Gasteiger partial charge on any atom is -0.309 e. The standard InChI is InChI=1S/C13H23N3O/c1-5-6-7-8-12(17)14-11-9-10(15-16-11)13(2,3)4/h9H,5-8H2,1-4H3,(H2,14,15,16,17). The summed E-state index contributed by atoms with van der Waals surface area (Å²) in [5, 5.41) is 9.86.